The minimum Gasteiger partial charge on any atom is -0.281 e. The lowest BCUT2D eigenvalue weighted by molar-refractivity contribution is 0.480. The standard InChI is InChI=1S/C4H5NO3S2/c1-3-5-4(2-9-3)10(6,7)8/h2H,1H3,(H,6,7,8). The maximum atomic E-state index is 10.3. The summed E-state index contributed by atoms with van der Waals surface area (Å²) in [6.45, 7) is 1.67. The van der Waals surface area contributed by atoms with E-state index in [-0.39, 0.29) is 5.03 Å². The minimum absolute atomic E-state index is 0.269. The van der Waals surface area contributed by atoms with Gasteiger partial charge in [0.05, 0.1) is 5.01 Å². The Hall–Kier alpha value is -0.460. The van der Waals surface area contributed by atoms with Crippen molar-refractivity contribution in [3.63, 3.8) is 0 Å². The summed E-state index contributed by atoms with van der Waals surface area (Å²) in [6, 6.07) is 0. The van der Waals surface area contributed by atoms with Gasteiger partial charge in [-0.05, 0) is 6.92 Å². The first-order valence-corrected chi connectivity index (χ1v) is 4.72. The highest BCUT2D eigenvalue weighted by atomic mass is 32.2. The fourth-order valence-corrected chi connectivity index (χ4v) is 1.88. The molecule has 0 fully saturated rings. The largest absolute Gasteiger partial charge is 0.312 e. The van der Waals surface area contributed by atoms with Crippen molar-refractivity contribution in [1.82, 2.24) is 4.98 Å². The molecule has 0 saturated carbocycles. The van der Waals surface area contributed by atoms with Gasteiger partial charge in [-0.15, -0.1) is 11.3 Å². The van der Waals surface area contributed by atoms with Crippen molar-refractivity contribution in [3.05, 3.63) is 10.4 Å². The molecular weight excluding hydrogens is 174 g/mol. The first kappa shape index (κ1) is 7.64. The third-order valence-corrected chi connectivity index (χ3v) is 2.52. The second kappa shape index (κ2) is 2.30. The molecule has 0 atom stereocenters. The van der Waals surface area contributed by atoms with E-state index in [0.717, 1.165) is 0 Å². The van der Waals surface area contributed by atoms with E-state index in [1.165, 1.54) is 16.7 Å². The van der Waals surface area contributed by atoms with Crippen LogP contribution >= 0.6 is 11.3 Å². The molecule has 0 aliphatic heterocycles. The van der Waals surface area contributed by atoms with E-state index in [2.05, 4.69) is 4.98 Å². The van der Waals surface area contributed by atoms with E-state index in [1.807, 2.05) is 0 Å². The van der Waals surface area contributed by atoms with E-state index in [0.29, 0.717) is 5.01 Å². The third-order valence-electron chi connectivity index (χ3n) is 0.862. The number of hydrogen-bond acceptors (Lipinski definition) is 4. The minimum atomic E-state index is -4.08. The van der Waals surface area contributed by atoms with Gasteiger partial charge in [0, 0.05) is 5.38 Å². The first-order chi connectivity index (χ1) is 4.50. The number of thiazole rings is 1. The van der Waals surface area contributed by atoms with Gasteiger partial charge in [0.1, 0.15) is 0 Å². The molecule has 56 valence electrons. The zero-order chi connectivity index (χ0) is 7.78. The quantitative estimate of drug-likeness (QED) is 0.644. The van der Waals surface area contributed by atoms with Crippen molar-refractivity contribution in [2.24, 2.45) is 0 Å². The molecule has 0 saturated heterocycles. The van der Waals surface area contributed by atoms with Gasteiger partial charge < -0.3 is 0 Å². The van der Waals surface area contributed by atoms with Crippen LogP contribution in [0.4, 0.5) is 0 Å². The van der Waals surface area contributed by atoms with E-state index in [1.54, 1.807) is 6.92 Å². The Labute approximate surface area is 62.3 Å². The highest BCUT2D eigenvalue weighted by Gasteiger charge is 2.11. The number of aromatic nitrogens is 1. The molecule has 1 N–H and O–H groups in total. The van der Waals surface area contributed by atoms with Crippen LogP contribution in [0.25, 0.3) is 0 Å². The van der Waals surface area contributed by atoms with Crippen LogP contribution < -0.4 is 0 Å². The second-order valence-corrected chi connectivity index (χ2v) is 4.11. The molecule has 0 aliphatic rings. The molecule has 0 aliphatic carbocycles. The smallest absolute Gasteiger partial charge is 0.281 e. The van der Waals surface area contributed by atoms with Gasteiger partial charge in [-0.3, -0.25) is 4.55 Å². The third kappa shape index (κ3) is 1.53. The van der Waals surface area contributed by atoms with Crippen LogP contribution in [0.1, 0.15) is 5.01 Å². The molecule has 1 aromatic rings. The van der Waals surface area contributed by atoms with Crippen LogP contribution in [0.3, 0.4) is 0 Å². The van der Waals surface area contributed by atoms with Crippen molar-refractivity contribution in [2.45, 2.75) is 11.9 Å². The zero-order valence-electron chi connectivity index (χ0n) is 5.10. The van der Waals surface area contributed by atoms with Gasteiger partial charge in [-0.1, -0.05) is 0 Å². The summed E-state index contributed by atoms with van der Waals surface area (Å²) in [4.78, 5) is 3.56. The summed E-state index contributed by atoms with van der Waals surface area (Å²) >= 11 is 1.18. The zero-order valence-corrected chi connectivity index (χ0v) is 6.74. The predicted octanol–water partition coefficient (Wildman–Crippen LogP) is 0.698. The Morgan fingerprint density at radius 3 is 2.50 bits per heavy atom. The van der Waals surface area contributed by atoms with Gasteiger partial charge >= 0.3 is 10.1 Å². The Morgan fingerprint density at radius 2 is 2.30 bits per heavy atom. The molecule has 6 heteroatoms. The average molecular weight is 179 g/mol. The molecule has 4 nitrogen and oxygen atoms in total. The highest BCUT2D eigenvalue weighted by molar-refractivity contribution is 7.85. The van der Waals surface area contributed by atoms with Gasteiger partial charge in [0.25, 0.3) is 0 Å². The first-order valence-electron chi connectivity index (χ1n) is 2.40. The van der Waals surface area contributed by atoms with Crippen LogP contribution in [-0.4, -0.2) is 18.0 Å². The summed E-state index contributed by atoms with van der Waals surface area (Å²) in [5, 5.41) is 1.65. The van der Waals surface area contributed by atoms with E-state index < -0.39 is 10.1 Å². The number of rotatable bonds is 1. The number of hydrogen-bond donors (Lipinski definition) is 1. The fraction of sp³-hybridized carbons (Fsp3) is 0.250. The van der Waals surface area contributed by atoms with Crippen molar-refractivity contribution < 1.29 is 13.0 Å². The molecule has 0 aromatic carbocycles. The van der Waals surface area contributed by atoms with Gasteiger partial charge in [-0.2, -0.15) is 8.42 Å². The number of aryl methyl sites for hydroxylation is 1. The van der Waals surface area contributed by atoms with Gasteiger partial charge in [0.2, 0.25) is 0 Å². The van der Waals surface area contributed by atoms with Crippen LogP contribution in [0.2, 0.25) is 0 Å². The molecule has 0 unspecified atom stereocenters. The normalized spacial score (nSPS) is 11.8. The molecule has 0 radical (unpaired) electrons. The summed E-state index contributed by atoms with van der Waals surface area (Å²) in [7, 11) is -4.08. The Morgan fingerprint density at radius 1 is 1.70 bits per heavy atom. The highest BCUT2D eigenvalue weighted by Crippen LogP contribution is 2.12. The summed E-state index contributed by atoms with van der Waals surface area (Å²) in [5.74, 6) is 0. The lowest BCUT2D eigenvalue weighted by Gasteiger charge is -1.84. The van der Waals surface area contributed by atoms with Crippen LogP contribution in [0.15, 0.2) is 10.4 Å². The lowest BCUT2D eigenvalue weighted by Crippen LogP contribution is -1.97. The van der Waals surface area contributed by atoms with Gasteiger partial charge in [-0.25, -0.2) is 4.98 Å². The molecule has 0 amide bonds. The summed E-state index contributed by atoms with van der Waals surface area (Å²) in [6.07, 6.45) is 0. The molecule has 0 spiro atoms. The van der Waals surface area contributed by atoms with Crippen LogP contribution in [-0.2, 0) is 10.1 Å². The molecule has 1 rings (SSSR count). The Balaban J connectivity index is 3.21. The maximum absolute atomic E-state index is 10.3. The molecule has 1 heterocycles. The molecule has 10 heavy (non-hydrogen) atoms. The number of nitrogens with zero attached hydrogens (tertiary/aromatic N) is 1. The monoisotopic (exact) mass is 179 g/mol. The van der Waals surface area contributed by atoms with Gasteiger partial charge in [0.15, 0.2) is 5.03 Å². The molecule has 0 bridgehead atoms. The van der Waals surface area contributed by atoms with Crippen LogP contribution in [0, 0.1) is 6.92 Å². The fourth-order valence-electron chi connectivity index (χ4n) is 0.462. The van der Waals surface area contributed by atoms with E-state index in [4.69, 9.17) is 4.55 Å². The average Bonchev–Trinajstić information content (AvgIpc) is 2.11. The van der Waals surface area contributed by atoms with Crippen molar-refractivity contribution >= 4 is 21.5 Å². The molecule has 1 aromatic heterocycles. The molecular formula is C4H5NO3S2. The van der Waals surface area contributed by atoms with Crippen molar-refractivity contribution in [3.8, 4) is 0 Å². The summed E-state index contributed by atoms with van der Waals surface area (Å²) < 4.78 is 29.1. The maximum Gasteiger partial charge on any atom is 0.312 e. The van der Waals surface area contributed by atoms with Crippen molar-refractivity contribution in [2.75, 3.05) is 0 Å². The SMILES string of the molecule is Cc1nc(S(=O)(=O)O)cs1. The van der Waals surface area contributed by atoms with E-state index in [9.17, 15) is 8.42 Å². The Bertz CT molecular complexity index is 326. The topological polar surface area (TPSA) is 67.3 Å². The second-order valence-electron chi connectivity index (χ2n) is 1.68. The summed E-state index contributed by atoms with van der Waals surface area (Å²) in [5.41, 5.74) is 0. The predicted molar refractivity (Wildman–Crippen MR) is 36.7 cm³/mol. The van der Waals surface area contributed by atoms with E-state index >= 15 is 0 Å². The Kier molecular flexibility index (Phi) is 1.76. The van der Waals surface area contributed by atoms with Crippen LogP contribution in [0.5, 0.6) is 0 Å². The van der Waals surface area contributed by atoms with Crippen molar-refractivity contribution in [1.29, 1.82) is 0 Å². The lowest BCUT2D eigenvalue weighted by atomic mass is 10.8.